The van der Waals surface area contributed by atoms with Crippen LogP contribution in [0.25, 0.3) is 0 Å². The molecule has 0 aliphatic carbocycles. The maximum atomic E-state index is 11.8. The first-order valence-electron chi connectivity index (χ1n) is 9.53. The molecule has 0 bridgehead atoms. The van der Waals surface area contributed by atoms with Crippen molar-refractivity contribution < 1.29 is 9.59 Å². The van der Waals surface area contributed by atoms with Crippen LogP contribution in [0.4, 0.5) is 0 Å². The van der Waals surface area contributed by atoms with Gasteiger partial charge in [-0.25, -0.2) is 0 Å². The number of hydrogen-bond donors (Lipinski definition) is 3. The number of hydrogen-bond acceptors (Lipinski definition) is 3. The molecule has 0 aromatic carbocycles. The fraction of sp³-hybridized carbons (Fsp3) is 0.833. The summed E-state index contributed by atoms with van der Waals surface area (Å²) in [6, 6.07) is 0.212. The van der Waals surface area contributed by atoms with E-state index in [9.17, 15) is 9.59 Å². The zero-order valence-electron chi connectivity index (χ0n) is 16.6. The first kappa shape index (κ1) is 24.9. The van der Waals surface area contributed by atoms with Gasteiger partial charge >= 0.3 is 0 Å². The number of halogens is 1. The minimum Gasteiger partial charge on any atom is -0.359 e. The molecular weight excluding hydrogens is 445 g/mol. The summed E-state index contributed by atoms with van der Waals surface area (Å²) in [5.74, 6) is 1.49. The second kappa shape index (κ2) is 14.1. The summed E-state index contributed by atoms with van der Waals surface area (Å²) in [5.41, 5.74) is 0. The molecule has 26 heavy (non-hydrogen) atoms. The number of nitrogens with one attached hydrogen (secondary N) is 3. The summed E-state index contributed by atoms with van der Waals surface area (Å²) in [7, 11) is 1.69. The Morgan fingerprint density at radius 2 is 1.85 bits per heavy atom. The van der Waals surface area contributed by atoms with Crippen LogP contribution in [0.1, 0.15) is 52.9 Å². The molecule has 0 radical (unpaired) electrons. The predicted octanol–water partition coefficient (Wildman–Crippen LogP) is 1.72. The number of carbonyl (C=O) groups is 2. The second-order valence-corrected chi connectivity index (χ2v) is 6.67. The van der Waals surface area contributed by atoms with Gasteiger partial charge in [-0.15, -0.1) is 24.0 Å². The van der Waals surface area contributed by atoms with Gasteiger partial charge < -0.3 is 20.9 Å². The van der Waals surface area contributed by atoms with Gasteiger partial charge in [0.2, 0.25) is 11.8 Å². The molecule has 3 N–H and O–H groups in total. The lowest BCUT2D eigenvalue weighted by atomic mass is 9.93. The normalized spacial score (nSPS) is 16.5. The van der Waals surface area contributed by atoms with Gasteiger partial charge in [0.1, 0.15) is 0 Å². The monoisotopic (exact) mass is 481 g/mol. The van der Waals surface area contributed by atoms with E-state index in [2.05, 4.69) is 32.8 Å². The fourth-order valence-electron chi connectivity index (χ4n) is 2.85. The molecule has 1 aliphatic heterocycles. The molecular formula is C18H36IN5O2. The Labute approximate surface area is 175 Å². The van der Waals surface area contributed by atoms with Gasteiger partial charge in [0.25, 0.3) is 0 Å². The third-order valence-corrected chi connectivity index (χ3v) is 4.62. The highest BCUT2D eigenvalue weighted by Crippen LogP contribution is 2.20. The summed E-state index contributed by atoms with van der Waals surface area (Å²) in [6.07, 6.45) is 3.93. The summed E-state index contributed by atoms with van der Waals surface area (Å²) in [5, 5.41) is 8.97. The second-order valence-electron chi connectivity index (χ2n) is 6.67. The van der Waals surface area contributed by atoms with Crippen molar-refractivity contribution in [3.63, 3.8) is 0 Å². The van der Waals surface area contributed by atoms with Gasteiger partial charge in [0.05, 0.1) is 6.54 Å². The molecule has 2 amide bonds. The van der Waals surface area contributed by atoms with Crippen molar-refractivity contribution >= 4 is 41.8 Å². The van der Waals surface area contributed by atoms with E-state index in [0.29, 0.717) is 25.3 Å². The number of nitrogens with zero attached hydrogens (tertiary/aromatic N) is 2. The van der Waals surface area contributed by atoms with E-state index in [0.717, 1.165) is 44.9 Å². The average molecular weight is 481 g/mol. The SMILES string of the molecule is CCNC(=NCCC(=O)NC(C)CC)N1CCC(CC(=O)NC)CC1.I. The molecule has 8 heteroatoms. The Balaban J connectivity index is 0.00000625. The maximum absolute atomic E-state index is 11.8. The number of amides is 2. The summed E-state index contributed by atoms with van der Waals surface area (Å²) < 4.78 is 0. The Kier molecular flexibility index (Phi) is 13.5. The lowest BCUT2D eigenvalue weighted by molar-refractivity contribution is -0.122. The minimum atomic E-state index is 0. The van der Waals surface area contributed by atoms with Crippen molar-refractivity contribution in [3.8, 4) is 0 Å². The van der Waals surface area contributed by atoms with E-state index in [1.165, 1.54) is 0 Å². The van der Waals surface area contributed by atoms with Crippen LogP contribution in [0.2, 0.25) is 0 Å². The Morgan fingerprint density at radius 3 is 2.38 bits per heavy atom. The first-order chi connectivity index (χ1) is 12.0. The van der Waals surface area contributed by atoms with E-state index >= 15 is 0 Å². The Bertz CT molecular complexity index is 451. The van der Waals surface area contributed by atoms with Crippen LogP contribution in [-0.4, -0.2) is 61.9 Å². The van der Waals surface area contributed by atoms with Gasteiger partial charge in [-0.05, 0) is 39.0 Å². The van der Waals surface area contributed by atoms with Crippen molar-refractivity contribution in [2.45, 2.75) is 58.9 Å². The topological polar surface area (TPSA) is 85.8 Å². The lowest BCUT2D eigenvalue weighted by Crippen LogP contribution is -2.46. The van der Waals surface area contributed by atoms with Crippen molar-refractivity contribution in [2.24, 2.45) is 10.9 Å². The number of piperidine rings is 1. The highest BCUT2D eigenvalue weighted by atomic mass is 127. The van der Waals surface area contributed by atoms with Crippen LogP contribution in [0.5, 0.6) is 0 Å². The van der Waals surface area contributed by atoms with Crippen LogP contribution >= 0.6 is 24.0 Å². The highest BCUT2D eigenvalue weighted by molar-refractivity contribution is 14.0. The zero-order chi connectivity index (χ0) is 18.7. The predicted molar refractivity (Wildman–Crippen MR) is 117 cm³/mol. The number of likely N-dealkylation sites (tertiary alicyclic amines) is 1. The molecule has 1 rings (SSSR count). The number of guanidine groups is 1. The van der Waals surface area contributed by atoms with Gasteiger partial charge in [-0.1, -0.05) is 6.92 Å². The summed E-state index contributed by atoms with van der Waals surface area (Å²) >= 11 is 0. The van der Waals surface area contributed by atoms with Crippen LogP contribution in [0.3, 0.4) is 0 Å². The molecule has 1 aliphatic rings. The first-order valence-corrected chi connectivity index (χ1v) is 9.53. The minimum absolute atomic E-state index is 0. The molecule has 152 valence electrons. The van der Waals surface area contributed by atoms with Gasteiger partial charge in [0, 0.05) is 45.6 Å². The van der Waals surface area contributed by atoms with Crippen LogP contribution in [0, 0.1) is 5.92 Å². The molecule has 0 saturated carbocycles. The van der Waals surface area contributed by atoms with Crippen molar-refractivity contribution in [3.05, 3.63) is 0 Å². The lowest BCUT2D eigenvalue weighted by Gasteiger charge is -2.34. The Hall–Kier alpha value is -1.06. The fourth-order valence-corrected chi connectivity index (χ4v) is 2.85. The van der Waals surface area contributed by atoms with Crippen molar-refractivity contribution in [1.29, 1.82) is 0 Å². The van der Waals surface area contributed by atoms with Crippen molar-refractivity contribution in [2.75, 3.05) is 33.2 Å². The molecule has 0 aromatic heterocycles. The van der Waals surface area contributed by atoms with E-state index < -0.39 is 0 Å². The summed E-state index contributed by atoms with van der Waals surface area (Å²) in [4.78, 5) is 30.2. The third kappa shape index (κ3) is 9.59. The largest absolute Gasteiger partial charge is 0.359 e. The molecule has 0 spiro atoms. The summed E-state index contributed by atoms with van der Waals surface area (Å²) in [6.45, 7) is 9.19. The molecule has 1 heterocycles. The number of aliphatic imine (C=N–C) groups is 1. The molecule has 7 nitrogen and oxygen atoms in total. The quantitative estimate of drug-likeness (QED) is 0.280. The third-order valence-electron chi connectivity index (χ3n) is 4.62. The molecule has 1 atom stereocenters. The standard InChI is InChI=1S/C18H35N5O2.HI/c1-5-14(3)22-16(24)7-10-21-18(20-6-2)23-11-8-15(9-12-23)13-17(25)19-4;/h14-15H,5-13H2,1-4H3,(H,19,25)(H,20,21)(H,22,24);1H. The van der Waals surface area contributed by atoms with Crippen LogP contribution in [0.15, 0.2) is 4.99 Å². The molecule has 1 fully saturated rings. The zero-order valence-corrected chi connectivity index (χ0v) is 19.0. The van der Waals surface area contributed by atoms with Crippen LogP contribution in [-0.2, 0) is 9.59 Å². The van der Waals surface area contributed by atoms with E-state index in [4.69, 9.17) is 0 Å². The molecule has 1 saturated heterocycles. The number of carbonyl (C=O) groups excluding carboxylic acids is 2. The van der Waals surface area contributed by atoms with E-state index in [1.54, 1.807) is 7.05 Å². The smallest absolute Gasteiger partial charge is 0.222 e. The van der Waals surface area contributed by atoms with Gasteiger partial charge in [-0.3, -0.25) is 14.6 Å². The maximum Gasteiger partial charge on any atom is 0.222 e. The van der Waals surface area contributed by atoms with E-state index in [1.807, 2.05) is 13.8 Å². The van der Waals surface area contributed by atoms with Crippen molar-refractivity contribution in [1.82, 2.24) is 20.9 Å². The number of rotatable bonds is 8. The van der Waals surface area contributed by atoms with E-state index in [-0.39, 0.29) is 41.8 Å². The molecule has 1 unspecified atom stereocenters. The Morgan fingerprint density at radius 1 is 1.19 bits per heavy atom. The molecule has 0 aromatic rings. The van der Waals surface area contributed by atoms with Gasteiger partial charge in [-0.2, -0.15) is 0 Å². The van der Waals surface area contributed by atoms with Gasteiger partial charge in [0.15, 0.2) is 5.96 Å². The highest BCUT2D eigenvalue weighted by Gasteiger charge is 2.23. The average Bonchev–Trinajstić information content (AvgIpc) is 2.61. The van der Waals surface area contributed by atoms with Crippen LogP contribution < -0.4 is 16.0 Å².